The number of nitrogens with zero attached hydrogens (tertiary/aromatic N) is 1. The number of benzene rings is 1. The molecule has 20 heavy (non-hydrogen) atoms. The number of nitrogens with two attached hydrogens (primary N) is 1. The van der Waals surface area contributed by atoms with E-state index < -0.39 is 0 Å². The third-order valence-corrected chi connectivity index (χ3v) is 3.95. The lowest BCUT2D eigenvalue weighted by molar-refractivity contribution is -0.119. The molecule has 0 spiro atoms. The van der Waals surface area contributed by atoms with Gasteiger partial charge in [-0.3, -0.25) is 4.79 Å². The SMILES string of the molecule is CCC(N)Cc1ccc2c(c1)CCN2C(=O)CC(C)C. The van der Waals surface area contributed by atoms with Gasteiger partial charge in [0.1, 0.15) is 0 Å². The van der Waals surface area contributed by atoms with E-state index in [1.165, 1.54) is 11.1 Å². The second-order valence-corrected chi connectivity index (χ2v) is 6.23. The highest BCUT2D eigenvalue weighted by molar-refractivity contribution is 5.95. The van der Waals surface area contributed by atoms with Gasteiger partial charge in [0.15, 0.2) is 0 Å². The summed E-state index contributed by atoms with van der Waals surface area (Å²) in [5, 5.41) is 0. The van der Waals surface area contributed by atoms with Crippen LogP contribution >= 0.6 is 0 Å². The lowest BCUT2D eigenvalue weighted by Crippen LogP contribution is -2.29. The molecule has 1 aromatic rings. The number of rotatable bonds is 5. The highest BCUT2D eigenvalue weighted by atomic mass is 16.2. The van der Waals surface area contributed by atoms with Gasteiger partial charge in [-0.1, -0.05) is 32.9 Å². The molecular formula is C17H26N2O. The Morgan fingerprint density at radius 1 is 1.40 bits per heavy atom. The number of hydrogen-bond acceptors (Lipinski definition) is 2. The van der Waals surface area contributed by atoms with Crippen molar-refractivity contribution in [2.45, 2.75) is 52.5 Å². The van der Waals surface area contributed by atoms with E-state index in [1.807, 2.05) is 4.90 Å². The molecule has 1 aromatic carbocycles. The monoisotopic (exact) mass is 274 g/mol. The summed E-state index contributed by atoms with van der Waals surface area (Å²) >= 11 is 0. The number of fused-ring (bicyclic) bond motifs is 1. The van der Waals surface area contributed by atoms with Crippen LogP contribution in [0.3, 0.4) is 0 Å². The summed E-state index contributed by atoms with van der Waals surface area (Å²) in [4.78, 5) is 14.2. The molecule has 0 aromatic heterocycles. The average Bonchev–Trinajstić information content (AvgIpc) is 2.80. The summed E-state index contributed by atoms with van der Waals surface area (Å²) in [6, 6.07) is 6.68. The highest BCUT2D eigenvalue weighted by Crippen LogP contribution is 2.30. The lowest BCUT2D eigenvalue weighted by atomic mass is 10.0. The van der Waals surface area contributed by atoms with E-state index in [9.17, 15) is 4.79 Å². The van der Waals surface area contributed by atoms with Gasteiger partial charge in [0.2, 0.25) is 5.91 Å². The summed E-state index contributed by atoms with van der Waals surface area (Å²) in [5.74, 6) is 0.658. The van der Waals surface area contributed by atoms with E-state index >= 15 is 0 Å². The van der Waals surface area contributed by atoms with Gasteiger partial charge in [-0.05, 0) is 42.4 Å². The topological polar surface area (TPSA) is 46.3 Å². The van der Waals surface area contributed by atoms with E-state index in [-0.39, 0.29) is 11.9 Å². The summed E-state index contributed by atoms with van der Waals surface area (Å²) in [6.45, 7) is 7.11. The molecule has 1 heterocycles. The zero-order valence-electron chi connectivity index (χ0n) is 12.9. The molecule has 0 radical (unpaired) electrons. The Bertz CT molecular complexity index is 482. The molecule has 0 fully saturated rings. The second kappa shape index (κ2) is 6.40. The molecule has 3 heteroatoms. The van der Waals surface area contributed by atoms with Gasteiger partial charge >= 0.3 is 0 Å². The predicted molar refractivity (Wildman–Crippen MR) is 83.9 cm³/mol. The lowest BCUT2D eigenvalue weighted by Gasteiger charge is -2.19. The molecule has 3 nitrogen and oxygen atoms in total. The van der Waals surface area contributed by atoms with Gasteiger partial charge in [-0.25, -0.2) is 0 Å². The van der Waals surface area contributed by atoms with Crippen LogP contribution in [0, 0.1) is 5.92 Å². The maximum absolute atomic E-state index is 12.2. The predicted octanol–water partition coefficient (Wildman–Crippen LogP) is 2.90. The van der Waals surface area contributed by atoms with Crippen molar-refractivity contribution < 1.29 is 4.79 Å². The second-order valence-electron chi connectivity index (χ2n) is 6.23. The van der Waals surface area contributed by atoms with Crippen LogP contribution in [-0.2, 0) is 17.6 Å². The Balaban J connectivity index is 2.12. The zero-order valence-corrected chi connectivity index (χ0v) is 12.9. The molecule has 1 unspecified atom stereocenters. The van der Waals surface area contributed by atoms with Gasteiger partial charge < -0.3 is 10.6 Å². The largest absolute Gasteiger partial charge is 0.327 e. The van der Waals surface area contributed by atoms with Crippen LogP contribution in [0.1, 0.15) is 44.7 Å². The van der Waals surface area contributed by atoms with Crippen LogP contribution in [0.5, 0.6) is 0 Å². The van der Waals surface area contributed by atoms with E-state index in [1.54, 1.807) is 0 Å². The van der Waals surface area contributed by atoms with Crippen LogP contribution < -0.4 is 10.6 Å². The molecule has 0 saturated heterocycles. The van der Waals surface area contributed by atoms with Crippen molar-refractivity contribution in [2.75, 3.05) is 11.4 Å². The molecule has 110 valence electrons. The van der Waals surface area contributed by atoms with Gasteiger partial charge in [0.25, 0.3) is 0 Å². The van der Waals surface area contributed by atoms with Gasteiger partial charge in [-0.15, -0.1) is 0 Å². The Hall–Kier alpha value is -1.35. The smallest absolute Gasteiger partial charge is 0.227 e. The normalized spacial score (nSPS) is 15.6. The maximum atomic E-state index is 12.2. The standard InChI is InChI=1S/C17H26N2O/c1-4-15(18)11-13-5-6-16-14(10-13)7-8-19(16)17(20)9-12(2)3/h5-6,10,12,15H,4,7-9,11,18H2,1-3H3. The van der Waals surface area contributed by atoms with Gasteiger partial charge in [-0.2, -0.15) is 0 Å². The Morgan fingerprint density at radius 3 is 2.80 bits per heavy atom. The molecule has 2 N–H and O–H groups in total. The zero-order chi connectivity index (χ0) is 14.7. The minimum Gasteiger partial charge on any atom is -0.327 e. The molecule has 1 aliphatic heterocycles. The van der Waals surface area contributed by atoms with E-state index in [4.69, 9.17) is 5.73 Å². The number of carbonyl (C=O) groups is 1. The van der Waals surface area contributed by atoms with Crippen LogP contribution in [0.25, 0.3) is 0 Å². The fourth-order valence-electron chi connectivity index (χ4n) is 2.75. The summed E-state index contributed by atoms with van der Waals surface area (Å²) in [6.07, 6.45) is 3.51. The molecule has 0 bridgehead atoms. The summed E-state index contributed by atoms with van der Waals surface area (Å²) in [5.41, 5.74) is 9.70. The molecule has 0 aliphatic carbocycles. The van der Waals surface area contributed by atoms with Crippen molar-refractivity contribution in [1.29, 1.82) is 0 Å². The number of hydrogen-bond donors (Lipinski definition) is 1. The van der Waals surface area contributed by atoms with Crippen LogP contribution in [0.4, 0.5) is 5.69 Å². The third-order valence-electron chi connectivity index (χ3n) is 3.95. The van der Waals surface area contributed by atoms with Crippen molar-refractivity contribution in [3.63, 3.8) is 0 Å². The average molecular weight is 274 g/mol. The fraction of sp³-hybridized carbons (Fsp3) is 0.588. The highest BCUT2D eigenvalue weighted by Gasteiger charge is 2.25. The Labute approximate surface area is 122 Å². The molecular weight excluding hydrogens is 248 g/mol. The first-order chi connectivity index (χ1) is 9.51. The molecule has 1 aliphatic rings. The quantitative estimate of drug-likeness (QED) is 0.897. The first-order valence-electron chi connectivity index (χ1n) is 7.69. The molecule has 2 rings (SSSR count). The van der Waals surface area contributed by atoms with Crippen LogP contribution in [-0.4, -0.2) is 18.5 Å². The Kier molecular flexibility index (Phi) is 4.81. The van der Waals surface area contributed by atoms with Crippen LogP contribution in [0.2, 0.25) is 0 Å². The molecule has 1 amide bonds. The summed E-state index contributed by atoms with van der Waals surface area (Å²) in [7, 11) is 0. The molecule has 1 atom stereocenters. The van der Waals surface area contributed by atoms with Gasteiger partial charge in [0.05, 0.1) is 0 Å². The van der Waals surface area contributed by atoms with Crippen molar-refractivity contribution in [1.82, 2.24) is 0 Å². The maximum Gasteiger partial charge on any atom is 0.227 e. The third kappa shape index (κ3) is 3.40. The first-order valence-corrected chi connectivity index (χ1v) is 7.69. The number of anilines is 1. The number of carbonyl (C=O) groups excluding carboxylic acids is 1. The summed E-state index contributed by atoms with van der Waals surface area (Å²) < 4.78 is 0. The minimum absolute atomic E-state index is 0.230. The van der Waals surface area contributed by atoms with Crippen molar-refractivity contribution in [3.05, 3.63) is 29.3 Å². The number of amides is 1. The molecule has 0 saturated carbocycles. The van der Waals surface area contributed by atoms with E-state index in [2.05, 4.69) is 39.0 Å². The Morgan fingerprint density at radius 2 is 2.15 bits per heavy atom. The van der Waals surface area contributed by atoms with E-state index in [0.29, 0.717) is 12.3 Å². The van der Waals surface area contributed by atoms with Crippen LogP contribution in [0.15, 0.2) is 18.2 Å². The fourth-order valence-corrected chi connectivity index (χ4v) is 2.75. The van der Waals surface area contributed by atoms with Crippen molar-refractivity contribution >= 4 is 11.6 Å². The van der Waals surface area contributed by atoms with Crippen molar-refractivity contribution in [2.24, 2.45) is 11.7 Å². The van der Waals surface area contributed by atoms with Gasteiger partial charge in [0, 0.05) is 24.7 Å². The van der Waals surface area contributed by atoms with E-state index in [0.717, 1.165) is 31.5 Å². The first kappa shape index (κ1) is 15.0. The van der Waals surface area contributed by atoms with Crippen molar-refractivity contribution in [3.8, 4) is 0 Å². The minimum atomic E-state index is 0.230.